The molecule has 2 aliphatic rings. The van der Waals surface area contributed by atoms with Crippen LogP contribution in [0.5, 0.6) is 5.75 Å². The van der Waals surface area contributed by atoms with Gasteiger partial charge in [0.25, 0.3) is 11.7 Å². The Hall–Kier alpha value is -4.17. The summed E-state index contributed by atoms with van der Waals surface area (Å²) in [5.41, 5.74) is 5.92. The van der Waals surface area contributed by atoms with Gasteiger partial charge in [-0.1, -0.05) is 38.1 Å². The Bertz CT molecular complexity index is 1380. The summed E-state index contributed by atoms with van der Waals surface area (Å²) in [5.74, 6) is -4.16. The minimum Gasteiger partial charge on any atom is -0.478 e. The smallest absolute Gasteiger partial charge is 0.335 e. The van der Waals surface area contributed by atoms with E-state index in [-0.39, 0.29) is 39.6 Å². The largest absolute Gasteiger partial charge is 0.478 e. The summed E-state index contributed by atoms with van der Waals surface area (Å²) in [6.45, 7) is 4.01. The fourth-order valence-corrected chi connectivity index (χ4v) is 4.75. The molecule has 172 valence electrons. The van der Waals surface area contributed by atoms with Crippen molar-refractivity contribution in [2.24, 2.45) is 0 Å². The van der Waals surface area contributed by atoms with Gasteiger partial charge in [-0.05, 0) is 47.9 Å². The predicted octanol–water partition coefficient (Wildman–Crippen LogP) is 3.15. The highest BCUT2D eigenvalue weighted by atomic mass is 16.6. The SMILES string of the molecule is CC(C)c1ccc2c(c1)OC1(O)c3cccc(N)c3C(=O)C21NC(=O)c1ccc(C(=O)O)cc1. The van der Waals surface area contributed by atoms with Gasteiger partial charge in [0.15, 0.2) is 0 Å². The van der Waals surface area contributed by atoms with Crippen LogP contribution >= 0.6 is 0 Å². The van der Waals surface area contributed by atoms with Crippen molar-refractivity contribution in [3.8, 4) is 5.75 Å². The number of ether oxygens (including phenoxy) is 1. The molecule has 0 radical (unpaired) electrons. The number of rotatable bonds is 4. The molecule has 34 heavy (non-hydrogen) atoms. The Morgan fingerprint density at radius 1 is 1.00 bits per heavy atom. The van der Waals surface area contributed by atoms with Crippen LogP contribution in [0.4, 0.5) is 5.69 Å². The number of amides is 1. The molecule has 0 fully saturated rings. The van der Waals surface area contributed by atoms with Crippen molar-refractivity contribution in [2.75, 3.05) is 5.73 Å². The molecule has 2 atom stereocenters. The Kier molecular flexibility index (Phi) is 4.56. The molecule has 5 N–H and O–H groups in total. The van der Waals surface area contributed by atoms with Gasteiger partial charge in [-0.15, -0.1) is 0 Å². The highest BCUT2D eigenvalue weighted by Gasteiger charge is 2.72. The Balaban J connectivity index is 1.68. The Morgan fingerprint density at radius 2 is 1.68 bits per heavy atom. The lowest BCUT2D eigenvalue weighted by Gasteiger charge is -2.34. The molecule has 1 aliphatic heterocycles. The maximum atomic E-state index is 13.9. The maximum absolute atomic E-state index is 13.9. The molecule has 0 aromatic heterocycles. The van der Waals surface area contributed by atoms with Gasteiger partial charge in [0.2, 0.25) is 11.3 Å². The maximum Gasteiger partial charge on any atom is 0.335 e. The van der Waals surface area contributed by atoms with Crippen molar-refractivity contribution in [2.45, 2.75) is 31.1 Å². The van der Waals surface area contributed by atoms with Gasteiger partial charge in [0.05, 0.1) is 11.1 Å². The zero-order valence-corrected chi connectivity index (χ0v) is 18.5. The molecule has 1 heterocycles. The van der Waals surface area contributed by atoms with Gasteiger partial charge < -0.3 is 26.0 Å². The topological polar surface area (TPSA) is 139 Å². The molecule has 0 spiro atoms. The number of nitrogens with one attached hydrogen (secondary N) is 1. The van der Waals surface area contributed by atoms with Gasteiger partial charge >= 0.3 is 5.97 Å². The Labute approximate surface area is 195 Å². The molecular weight excluding hydrogens is 436 g/mol. The summed E-state index contributed by atoms with van der Waals surface area (Å²) in [6.07, 6.45) is 0. The lowest BCUT2D eigenvalue weighted by atomic mass is 9.82. The number of anilines is 1. The third-order valence-electron chi connectivity index (χ3n) is 6.57. The van der Waals surface area contributed by atoms with E-state index in [1.807, 2.05) is 19.9 Å². The molecule has 1 amide bonds. The number of nitrogens with two attached hydrogens (primary N) is 1. The number of aromatic carboxylic acids is 1. The van der Waals surface area contributed by atoms with Crippen LogP contribution in [0.2, 0.25) is 0 Å². The van der Waals surface area contributed by atoms with Crippen LogP contribution in [0.1, 0.15) is 67.5 Å². The normalized spacial score (nSPS) is 22.1. The van der Waals surface area contributed by atoms with Gasteiger partial charge in [-0.25, -0.2) is 4.79 Å². The number of carbonyl (C=O) groups is 3. The second kappa shape index (κ2) is 7.16. The van der Waals surface area contributed by atoms with Crippen molar-refractivity contribution >= 4 is 23.3 Å². The fourth-order valence-electron chi connectivity index (χ4n) is 4.75. The van der Waals surface area contributed by atoms with Crippen LogP contribution in [0.3, 0.4) is 0 Å². The monoisotopic (exact) mass is 458 g/mol. The number of carboxylic acid groups (broad SMARTS) is 1. The third-order valence-corrected chi connectivity index (χ3v) is 6.57. The first-order chi connectivity index (χ1) is 16.1. The molecule has 3 aromatic carbocycles. The van der Waals surface area contributed by atoms with E-state index in [0.717, 1.165) is 5.56 Å². The highest BCUT2D eigenvalue weighted by molar-refractivity contribution is 6.16. The van der Waals surface area contributed by atoms with E-state index in [1.165, 1.54) is 24.3 Å². The standard InChI is InChI=1S/C26H22N2O6/c1-13(2)16-10-11-17-20(12-16)34-26(33)18-4-3-5-19(27)21(18)22(29)25(17,26)28-23(30)14-6-8-15(9-7-14)24(31)32/h3-13,33H,27H2,1-2H3,(H,28,30)(H,31,32). The number of ketones is 1. The highest BCUT2D eigenvalue weighted by Crippen LogP contribution is 2.59. The summed E-state index contributed by atoms with van der Waals surface area (Å²) >= 11 is 0. The number of Topliss-reactive ketones (excluding diaryl/α,β-unsaturated/α-hetero) is 1. The van der Waals surface area contributed by atoms with E-state index in [1.54, 1.807) is 30.3 Å². The molecule has 0 bridgehead atoms. The van der Waals surface area contributed by atoms with E-state index in [2.05, 4.69) is 5.32 Å². The summed E-state index contributed by atoms with van der Waals surface area (Å²) < 4.78 is 6.04. The van der Waals surface area contributed by atoms with Crippen LogP contribution in [-0.4, -0.2) is 27.9 Å². The van der Waals surface area contributed by atoms with Crippen LogP contribution < -0.4 is 15.8 Å². The number of carbonyl (C=O) groups excluding carboxylic acids is 2. The molecular formula is C26H22N2O6. The molecule has 0 saturated carbocycles. The van der Waals surface area contributed by atoms with Crippen LogP contribution in [0.15, 0.2) is 60.7 Å². The van der Waals surface area contributed by atoms with Gasteiger partial charge in [0.1, 0.15) is 5.75 Å². The third kappa shape index (κ3) is 2.72. The van der Waals surface area contributed by atoms with Gasteiger partial charge in [-0.3, -0.25) is 9.59 Å². The number of carboxylic acids is 1. The minimum atomic E-state index is -2.22. The van der Waals surface area contributed by atoms with Crippen molar-refractivity contribution in [1.29, 1.82) is 0 Å². The average Bonchev–Trinajstić information content (AvgIpc) is 3.16. The number of benzene rings is 3. The second-order valence-corrected chi connectivity index (χ2v) is 8.84. The summed E-state index contributed by atoms with van der Waals surface area (Å²) in [7, 11) is 0. The fraction of sp³-hybridized carbons (Fsp3) is 0.192. The molecule has 8 heteroatoms. The quantitative estimate of drug-likeness (QED) is 0.441. The van der Waals surface area contributed by atoms with E-state index >= 15 is 0 Å². The van der Waals surface area contributed by atoms with E-state index < -0.39 is 29.0 Å². The first-order valence-corrected chi connectivity index (χ1v) is 10.8. The van der Waals surface area contributed by atoms with Crippen molar-refractivity contribution in [1.82, 2.24) is 5.32 Å². The van der Waals surface area contributed by atoms with Gasteiger partial charge in [0, 0.05) is 22.4 Å². The lowest BCUT2D eigenvalue weighted by molar-refractivity contribution is -0.169. The number of aliphatic hydroxyl groups is 1. The van der Waals surface area contributed by atoms with E-state index in [0.29, 0.717) is 5.56 Å². The minimum absolute atomic E-state index is 0.0131. The van der Waals surface area contributed by atoms with Crippen molar-refractivity contribution < 1.29 is 29.3 Å². The van der Waals surface area contributed by atoms with E-state index in [4.69, 9.17) is 15.6 Å². The van der Waals surface area contributed by atoms with Crippen molar-refractivity contribution in [3.05, 3.63) is 94.0 Å². The first-order valence-electron chi connectivity index (χ1n) is 10.8. The average molecular weight is 458 g/mol. The number of nitrogen functional groups attached to an aromatic ring is 1. The van der Waals surface area contributed by atoms with Crippen LogP contribution in [-0.2, 0) is 11.3 Å². The van der Waals surface area contributed by atoms with E-state index in [9.17, 15) is 19.5 Å². The summed E-state index contributed by atoms with van der Waals surface area (Å²) in [5, 5.41) is 23.7. The molecule has 2 unspecified atom stereocenters. The van der Waals surface area contributed by atoms with Crippen LogP contribution in [0, 0.1) is 0 Å². The predicted molar refractivity (Wildman–Crippen MR) is 123 cm³/mol. The molecule has 1 aliphatic carbocycles. The zero-order chi connectivity index (χ0) is 24.4. The Morgan fingerprint density at radius 3 is 2.32 bits per heavy atom. The van der Waals surface area contributed by atoms with Gasteiger partial charge in [-0.2, -0.15) is 0 Å². The zero-order valence-electron chi connectivity index (χ0n) is 18.5. The first kappa shape index (κ1) is 21.7. The lowest BCUT2D eigenvalue weighted by Crippen LogP contribution is -2.60. The summed E-state index contributed by atoms with van der Waals surface area (Å²) in [4.78, 5) is 38.4. The second-order valence-electron chi connectivity index (χ2n) is 8.84. The molecule has 5 rings (SSSR count). The number of hydrogen-bond donors (Lipinski definition) is 4. The number of hydrogen-bond acceptors (Lipinski definition) is 6. The summed E-state index contributed by atoms with van der Waals surface area (Å²) in [6, 6.07) is 15.2. The van der Waals surface area contributed by atoms with Crippen molar-refractivity contribution in [3.63, 3.8) is 0 Å². The van der Waals surface area contributed by atoms with Crippen LogP contribution in [0.25, 0.3) is 0 Å². The number of fused-ring (bicyclic) bond motifs is 5. The molecule has 3 aromatic rings. The molecule has 8 nitrogen and oxygen atoms in total. The molecule has 0 saturated heterocycles.